The molecule has 0 unspecified atom stereocenters. The van der Waals surface area contributed by atoms with E-state index in [4.69, 9.17) is 0 Å². The Balaban J connectivity index is 0.881. The zero-order valence-corrected chi connectivity index (χ0v) is 35.2. The van der Waals surface area contributed by atoms with E-state index in [9.17, 15) is 0 Å². The maximum absolute atomic E-state index is 2.35. The number of rotatable bonds is 5. The Labute approximate surface area is 361 Å². The van der Waals surface area contributed by atoms with Gasteiger partial charge in [-0.25, -0.2) is 0 Å². The summed E-state index contributed by atoms with van der Waals surface area (Å²) in [6, 6.07) is 66.2. The summed E-state index contributed by atoms with van der Waals surface area (Å²) in [5.74, 6) is 0. The van der Waals surface area contributed by atoms with Crippen molar-refractivity contribution < 1.29 is 0 Å². The summed E-state index contributed by atoms with van der Waals surface area (Å²) in [6.07, 6.45) is 0. The second-order valence-corrected chi connectivity index (χ2v) is 17.4. The summed E-state index contributed by atoms with van der Waals surface area (Å²) < 4.78 is 0. The van der Waals surface area contributed by atoms with Crippen molar-refractivity contribution in [1.29, 1.82) is 0 Å². The van der Waals surface area contributed by atoms with E-state index in [1.54, 1.807) is 0 Å². The normalized spacial score (nSPS) is 11.9. The summed E-state index contributed by atoms with van der Waals surface area (Å²) in [5, 5.41) is 15.9. The molecule has 5 heteroatoms. The molecule has 0 atom stereocenters. The third-order valence-electron chi connectivity index (χ3n) is 14.4. The lowest BCUT2D eigenvalue weighted by Crippen LogP contribution is -2.55. The maximum atomic E-state index is 2.35. The quantitative estimate of drug-likeness (QED) is 0.130. The molecule has 0 radical (unpaired) electrons. The Morgan fingerprint density at radius 1 is 0.230 bits per heavy atom. The summed E-state index contributed by atoms with van der Waals surface area (Å²) >= 11 is 0. The van der Waals surface area contributed by atoms with Crippen LogP contribution in [0.15, 0.2) is 176 Å². The molecule has 0 fully saturated rings. The van der Waals surface area contributed by atoms with Gasteiger partial charge in [0, 0.05) is 0 Å². The highest BCUT2D eigenvalue weighted by atomic mass is 14.2. The van der Waals surface area contributed by atoms with Gasteiger partial charge in [0.1, 0.15) is 39.2 Å². The predicted molar refractivity (Wildman–Crippen MR) is 282 cm³/mol. The first-order chi connectivity index (χ1) is 29.8. The van der Waals surface area contributed by atoms with Crippen LogP contribution in [0.5, 0.6) is 0 Å². The van der Waals surface area contributed by atoms with E-state index >= 15 is 0 Å². The van der Waals surface area contributed by atoms with Crippen LogP contribution in [-0.4, -0.2) is 39.2 Å². The summed E-state index contributed by atoms with van der Waals surface area (Å²) in [7, 11) is 11.4. The van der Waals surface area contributed by atoms with E-state index in [2.05, 4.69) is 215 Å². The predicted octanol–water partition coefficient (Wildman–Crippen LogP) is 7.11. The topological polar surface area (TPSA) is 0 Å². The Bertz CT molecular complexity index is 3690. The second kappa shape index (κ2) is 13.5. The van der Waals surface area contributed by atoms with E-state index in [0.29, 0.717) is 0 Å². The van der Waals surface area contributed by atoms with Gasteiger partial charge < -0.3 is 0 Å². The lowest BCUT2D eigenvalue weighted by Gasteiger charge is -2.23. The van der Waals surface area contributed by atoms with Gasteiger partial charge in [-0.2, -0.15) is 0 Å². The molecule has 0 amide bonds. The minimum atomic E-state index is 1.22. The lowest BCUT2D eigenvalue weighted by molar-refractivity contribution is 1.58. The highest BCUT2D eigenvalue weighted by Crippen LogP contribution is 2.43. The van der Waals surface area contributed by atoms with Crippen LogP contribution in [0.25, 0.3) is 120 Å². The summed E-state index contributed by atoms with van der Waals surface area (Å²) in [4.78, 5) is 0. The van der Waals surface area contributed by atoms with E-state index in [-0.39, 0.29) is 0 Å². The fourth-order valence-electron chi connectivity index (χ4n) is 10.7. The molecule has 0 nitrogen and oxygen atoms in total. The molecule has 0 spiro atoms. The van der Waals surface area contributed by atoms with Crippen molar-refractivity contribution in [1.82, 2.24) is 0 Å². The fraction of sp³-hybridized carbons (Fsp3) is 0. The van der Waals surface area contributed by atoms with Gasteiger partial charge in [0.05, 0.1) is 0 Å². The molecule has 0 saturated heterocycles. The molecule has 0 aliphatic rings. The highest BCUT2D eigenvalue weighted by molar-refractivity contribution is 6.69. The Morgan fingerprint density at radius 3 is 1.03 bits per heavy atom. The van der Waals surface area contributed by atoms with Gasteiger partial charge in [-0.1, -0.05) is 181 Å². The van der Waals surface area contributed by atoms with E-state index in [1.165, 1.54) is 148 Å². The smallest absolute Gasteiger partial charge is 0.102 e. The van der Waals surface area contributed by atoms with Crippen LogP contribution >= 0.6 is 0 Å². The molecule has 278 valence electrons. The van der Waals surface area contributed by atoms with Gasteiger partial charge in [-0.3, -0.25) is 0 Å². The molecular formula is C56H39B5. The molecule has 0 saturated carbocycles. The van der Waals surface area contributed by atoms with Crippen molar-refractivity contribution >= 4 is 131 Å². The van der Waals surface area contributed by atoms with Gasteiger partial charge in [-0.15, -0.1) is 16.4 Å². The van der Waals surface area contributed by atoms with Crippen molar-refractivity contribution in [2.24, 2.45) is 0 Å². The van der Waals surface area contributed by atoms with Crippen LogP contribution < -0.4 is 27.3 Å². The molecule has 0 aliphatic carbocycles. The zero-order chi connectivity index (χ0) is 41.1. The third kappa shape index (κ3) is 5.40. The molecule has 12 aromatic rings. The van der Waals surface area contributed by atoms with Gasteiger partial charge in [0.2, 0.25) is 0 Å². The summed E-state index contributed by atoms with van der Waals surface area (Å²) in [6.45, 7) is 0. The Kier molecular flexibility index (Phi) is 7.97. The van der Waals surface area contributed by atoms with Crippen LogP contribution in [0.1, 0.15) is 0 Å². The second-order valence-electron chi connectivity index (χ2n) is 17.4. The van der Waals surface area contributed by atoms with Crippen molar-refractivity contribution in [2.45, 2.75) is 0 Å². The first-order valence-electron chi connectivity index (χ1n) is 21.6. The average Bonchev–Trinajstić information content (AvgIpc) is 3.31. The fourth-order valence-corrected chi connectivity index (χ4v) is 10.7. The van der Waals surface area contributed by atoms with Crippen LogP contribution in [0.4, 0.5) is 0 Å². The number of benzene rings is 12. The van der Waals surface area contributed by atoms with E-state index in [0.717, 1.165) is 0 Å². The standard InChI is InChI=1S/C56H39B5/c57-52-51(53(58)55(60)56(61)54(52)59)46-28-22-38-20-26-44-42(24-18-37-21-27-45(46)50(38)49(37)44)33-13-9-31(10-14-33)40-6-2-5-39(29-40)30-7-11-32(12-8-30)41-23-17-36-16-15-34-3-1-4-35-19-25-43(41)48(36)47(34)35/h1-29H,57-61H2. The van der Waals surface area contributed by atoms with E-state index < -0.39 is 0 Å². The Morgan fingerprint density at radius 2 is 0.557 bits per heavy atom. The van der Waals surface area contributed by atoms with Gasteiger partial charge >= 0.3 is 0 Å². The van der Waals surface area contributed by atoms with Gasteiger partial charge in [-0.05, 0) is 126 Å². The lowest BCUT2D eigenvalue weighted by atomic mass is 9.59. The molecule has 0 aliphatic heterocycles. The van der Waals surface area contributed by atoms with Crippen molar-refractivity contribution in [3.05, 3.63) is 176 Å². The van der Waals surface area contributed by atoms with Crippen molar-refractivity contribution in [3.63, 3.8) is 0 Å². The molecular weight excluding hydrogens is 727 g/mol. The maximum Gasteiger partial charge on any atom is 0.139 e. The Hall–Kier alpha value is -6.96. The SMILES string of the molecule is Bc1c(B)c(B)c(-c2ccc3ccc4c(-c5ccc(-c6cccc(-c7ccc(-c8ccc9ccc%10cccc%11ccc8c9c%10%11)cc7)c6)cc5)ccc5ccc2c3c54)c(B)c1B. The monoisotopic (exact) mass is 766 g/mol. The largest absolute Gasteiger partial charge is 0.139 e. The molecule has 0 N–H and O–H groups in total. The highest BCUT2D eigenvalue weighted by Gasteiger charge is 2.19. The first kappa shape index (κ1) is 35.9. The summed E-state index contributed by atoms with van der Waals surface area (Å²) in [5.41, 5.74) is 19.6. The van der Waals surface area contributed by atoms with Crippen LogP contribution in [0.2, 0.25) is 0 Å². The molecule has 12 rings (SSSR count). The molecule has 0 heterocycles. The molecule has 61 heavy (non-hydrogen) atoms. The van der Waals surface area contributed by atoms with Crippen molar-refractivity contribution in [2.75, 3.05) is 0 Å². The minimum Gasteiger partial charge on any atom is -0.102 e. The average molecular weight is 766 g/mol. The van der Waals surface area contributed by atoms with Gasteiger partial charge in [0.25, 0.3) is 0 Å². The first-order valence-corrected chi connectivity index (χ1v) is 21.6. The minimum absolute atomic E-state index is 1.22. The molecule has 0 aromatic heterocycles. The zero-order valence-electron chi connectivity index (χ0n) is 35.2. The molecule has 12 aromatic carbocycles. The number of hydrogen-bond acceptors (Lipinski definition) is 0. The third-order valence-corrected chi connectivity index (χ3v) is 14.4. The van der Waals surface area contributed by atoms with E-state index in [1.807, 2.05) is 0 Å². The number of hydrogen-bond donors (Lipinski definition) is 0. The van der Waals surface area contributed by atoms with Crippen molar-refractivity contribution in [3.8, 4) is 55.6 Å². The van der Waals surface area contributed by atoms with Gasteiger partial charge in [0.15, 0.2) is 0 Å². The van der Waals surface area contributed by atoms with Crippen LogP contribution in [0, 0.1) is 0 Å². The van der Waals surface area contributed by atoms with Crippen LogP contribution in [-0.2, 0) is 0 Å². The van der Waals surface area contributed by atoms with Crippen LogP contribution in [0.3, 0.4) is 0 Å². The molecule has 0 bridgehead atoms.